The first-order valence-corrected chi connectivity index (χ1v) is 7.43. The van der Waals surface area contributed by atoms with Crippen LogP contribution in [0.15, 0.2) is 24.3 Å². The standard InChI is InChI=1S/C11H14N2O2S2/c12-11(16)9-3-1-2-4-10(9)13-17(14,15)7-8-5-6-8/h1-4,8,13H,5-7H2,(H2,12,16). The van der Waals surface area contributed by atoms with Gasteiger partial charge in [-0.3, -0.25) is 4.72 Å². The summed E-state index contributed by atoms with van der Waals surface area (Å²) in [6, 6.07) is 6.89. The highest BCUT2D eigenvalue weighted by Gasteiger charge is 2.28. The zero-order valence-electron chi connectivity index (χ0n) is 9.22. The SMILES string of the molecule is NC(=S)c1ccccc1NS(=O)(=O)CC1CC1. The summed E-state index contributed by atoms with van der Waals surface area (Å²) in [7, 11) is -3.29. The molecule has 1 aromatic rings. The van der Waals surface area contributed by atoms with E-state index in [1.165, 1.54) is 0 Å². The van der Waals surface area contributed by atoms with Gasteiger partial charge in [-0.1, -0.05) is 24.4 Å². The van der Waals surface area contributed by atoms with E-state index in [-0.39, 0.29) is 10.7 Å². The van der Waals surface area contributed by atoms with Gasteiger partial charge in [-0.15, -0.1) is 0 Å². The van der Waals surface area contributed by atoms with E-state index in [2.05, 4.69) is 4.72 Å². The molecule has 0 aromatic heterocycles. The Morgan fingerprint density at radius 1 is 1.41 bits per heavy atom. The topological polar surface area (TPSA) is 72.2 Å². The molecule has 0 unspecified atom stereocenters. The highest BCUT2D eigenvalue weighted by molar-refractivity contribution is 7.92. The molecule has 1 aromatic carbocycles. The molecular weight excluding hydrogens is 256 g/mol. The molecule has 17 heavy (non-hydrogen) atoms. The van der Waals surface area contributed by atoms with Crippen LogP contribution in [0.4, 0.5) is 5.69 Å². The Labute approximate surface area is 106 Å². The maximum Gasteiger partial charge on any atom is 0.233 e. The summed E-state index contributed by atoms with van der Waals surface area (Å²) in [5.41, 5.74) is 6.56. The molecule has 4 nitrogen and oxygen atoms in total. The lowest BCUT2D eigenvalue weighted by Crippen LogP contribution is -2.21. The third-order valence-corrected chi connectivity index (χ3v) is 4.27. The van der Waals surface area contributed by atoms with E-state index >= 15 is 0 Å². The van der Waals surface area contributed by atoms with Gasteiger partial charge in [0.1, 0.15) is 4.99 Å². The number of benzene rings is 1. The molecule has 0 aliphatic heterocycles. The van der Waals surface area contributed by atoms with Crippen LogP contribution in [0.2, 0.25) is 0 Å². The summed E-state index contributed by atoms with van der Waals surface area (Å²) in [6.45, 7) is 0. The van der Waals surface area contributed by atoms with Crippen molar-refractivity contribution in [3.05, 3.63) is 29.8 Å². The number of thiocarbonyl (C=S) groups is 1. The summed E-state index contributed by atoms with van der Waals surface area (Å²) in [4.78, 5) is 0.190. The first-order valence-electron chi connectivity index (χ1n) is 5.37. The van der Waals surface area contributed by atoms with E-state index in [9.17, 15) is 8.42 Å². The molecule has 1 saturated carbocycles. The predicted octanol–water partition coefficient (Wildman–Crippen LogP) is 1.47. The van der Waals surface area contributed by atoms with Crippen molar-refractivity contribution in [2.45, 2.75) is 12.8 Å². The van der Waals surface area contributed by atoms with E-state index in [1.807, 2.05) is 0 Å². The van der Waals surface area contributed by atoms with Gasteiger partial charge in [0.25, 0.3) is 0 Å². The molecule has 92 valence electrons. The van der Waals surface area contributed by atoms with Crippen molar-refractivity contribution in [1.29, 1.82) is 0 Å². The van der Waals surface area contributed by atoms with Gasteiger partial charge in [-0.2, -0.15) is 0 Å². The monoisotopic (exact) mass is 270 g/mol. The molecule has 1 fully saturated rings. The smallest absolute Gasteiger partial charge is 0.233 e. The summed E-state index contributed by atoms with van der Waals surface area (Å²) >= 11 is 4.88. The predicted molar refractivity (Wildman–Crippen MR) is 72.5 cm³/mol. The van der Waals surface area contributed by atoms with Crippen molar-refractivity contribution in [3.8, 4) is 0 Å². The van der Waals surface area contributed by atoms with Gasteiger partial charge in [0.2, 0.25) is 10.0 Å². The van der Waals surface area contributed by atoms with Crippen LogP contribution in [0.1, 0.15) is 18.4 Å². The highest BCUT2D eigenvalue weighted by Crippen LogP contribution is 2.31. The lowest BCUT2D eigenvalue weighted by Gasteiger charge is -2.11. The van der Waals surface area contributed by atoms with Crippen LogP contribution in [0.5, 0.6) is 0 Å². The second-order valence-corrected chi connectivity index (χ2v) is 6.44. The van der Waals surface area contributed by atoms with E-state index in [0.717, 1.165) is 12.8 Å². The molecule has 1 aliphatic rings. The third-order valence-electron chi connectivity index (χ3n) is 2.61. The number of sulfonamides is 1. The molecule has 0 radical (unpaired) electrons. The van der Waals surface area contributed by atoms with Crippen molar-refractivity contribution in [2.75, 3.05) is 10.5 Å². The number of hydrogen-bond donors (Lipinski definition) is 2. The number of rotatable bonds is 5. The van der Waals surface area contributed by atoms with Crippen molar-refractivity contribution in [1.82, 2.24) is 0 Å². The Morgan fingerprint density at radius 2 is 2.06 bits per heavy atom. The lowest BCUT2D eigenvalue weighted by molar-refractivity contribution is 0.597. The molecule has 3 N–H and O–H groups in total. The Hall–Kier alpha value is -1.14. The van der Waals surface area contributed by atoms with Crippen molar-refractivity contribution >= 4 is 32.9 Å². The minimum atomic E-state index is -3.29. The first-order chi connectivity index (χ1) is 7.98. The van der Waals surface area contributed by atoms with Crippen LogP contribution >= 0.6 is 12.2 Å². The first kappa shape index (κ1) is 12.3. The number of nitrogens with one attached hydrogen (secondary N) is 1. The third kappa shape index (κ3) is 3.41. The fourth-order valence-corrected chi connectivity index (χ4v) is 3.32. The molecule has 1 aliphatic carbocycles. The molecule has 0 atom stereocenters. The van der Waals surface area contributed by atoms with Gasteiger partial charge < -0.3 is 5.73 Å². The van der Waals surface area contributed by atoms with Gasteiger partial charge in [0.15, 0.2) is 0 Å². The summed E-state index contributed by atoms with van der Waals surface area (Å²) < 4.78 is 26.2. The molecule has 6 heteroatoms. The Kier molecular flexibility index (Phi) is 3.35. The lowest BCUT2D eigenvalue weighted by atomic mass is 10.2. The average Bonchev–Trinajstić information content (AvgIpc) is 3.00. The Bertz CT molecular complexity index is 536. The fraction of sp³-hybridized carbons (Fsp3) is 0.364. The van der Waals surface area contributed by atoms with E-state index in [0.29, 0.717) is 17.2 Å². The minimum absolute atomic E-state index is 0.179. The van der Waals surface area contributed by atoms with Crippen molar-refractivity contribution in [3.63, 3.8) is 0 Å². The van der Waals surface area contributed by atoms with Crippen molar-refractivity contribution < 1.29 is 8.42 Å². The van der Waals surface area contributed by atoms with E-state index in [4.69, 9.17) is 18.0 Å². The molecule has 2 rings (SSSR count). The number of nitrogens with two attached hydrogens (primary N) is 1. The minimum Gasteiger partial charge on any atom is -0.389 e. The summed E-state index contributed by atoms with van der Waals surface area (Å²) in [6.07, 6.45) is 2.00. The fourth-order valence-electron chi connectivity index (χ4n) is 1.59. The number of anilines is 1. The zero-order valence-corrected chi connectivity index (χ0v) is 10.9. The molecular formula is C11H14N2O2S2. The van der Waals surface area contributed by atoms with Gasteiger partial charge in [0.05, 0.1) is 11.4 Å². The van der Waals surface area contributed by atoms with Gasteiger partial charge in [-0.25, -0.2) is 8.42 Å². The number of hydrogen-bond acceptors (Lipinski definition) is 3. The van der Waals surface area contributed by atoms with Crippen molar-refractivity contribution in [2.24, 2.45) is 11.7 Å². The summed E-state index contributed by atoms with van der Waals surface area (Å²) in [5.74, 6) is 0.489. The van der Waals surface area contributed by atoms with Crippen LogP contribution in [0.3, 0.4) is 0 Å². The maximum absolute atomic E-state index is 11.8. The number of para-hydroxylation sites is 1. The second kappa shape index (κ2) is 4.62. The largest absolute Gasteiger partial charge is 0.389 e. The van der Waals surface area contributed by atoms with Crippen LogP contribution in [-0.4, -0.2) is 19.2 Å². The molecule has 0 amide bonds. The highest BCUT2D eigenvalue weighted by atomic mass is 32.2. The Balaban J connectivity index is 2.20. The normalized spacial score (nSPS) is 15.5. The molecule has 0 bridgehead atoms. The maximum atomic E-state index is 11.8. The second-order valence-electron chi connectivity index (χ2n) is 4.24. The van der Waals surface area contributed by atoms with E-state index in [1.54, 1.807) is 24.3 Å². The average molecular weight is 270 g/mol. The van der Waals surface area contributed by atoms with Crippen LogP contribution < -0.4 is 10.5 Å². The van der Waals surface area contributed by atoms with Gasteiger partial charge in [-0.05, 0) is 30.9 Å². The van der Waals surface area contributed by atoms with Gasteiger partial charge in [0, 0.05) is 5.56 Å². The molecule has 0 heterocycles. The molecule has 0 spiro atoms. The Morgan fingerprint density at radius 3 is 2.65 bits per heavy atom. The van der Waals surface area contributed by atoms with Crippen LogP contribution in [-0.2, 0) is 10.0 Å². The van der Waals surface area contributed by atoms with Crippen LogP contribution in [0.25, 0.3) is 0 Å². The zero-order chi connectivity index (χ0) is 12.5. The van der Waals surface area contributed by atoms with Gasteiger partial charge >= 0.3 is 0 Å². The summed E-state index contributed by atoms with van der Waals surface area (Å²) in [5, 5.41) is 0. The van der Waals surface area contributed by atoms with E-state index < -0.39 is 10.0 Å². The van der Waals surface area contributed by atoms with Crippen LogP contribution in [0, 0.1) is 5.92 Å². The quantitative estimate of drug-likeness (QED) is 0.795. The molecule has 0 saturated heterocycles.